The molecule has 3 atom stereocenters. The fraction of sp³-hybridized carbons (Fsp3) is 0.600. The highest BCUT2D eigenvalue weighted by Crippen LogP contribution is 2.73. The Kier molecular flexibility index (Phi) is 4.58. The van der Waals surface area contributed by atoms with Crippen LogP contribution in [0.5, 0.6) is 0 Å². The zero-order valence-corrected chi connectivity index (χ0v) is 16.2. The Bertz CT molecular complexity index is 645. The number of hydrogen-bond donors (Lipinski definition) is 0. The van der Waals surface area contributed by atoms with Crippen molar-refractivity contribution in [1.82, 2.24) is 0 Å². The predicted molar refractivity (Wildman–Crippen MR) is 102 cm³/mol. The average Bonchev–Trinajstić information content (AvgIpc) is 2.86. The molecule has 0 amide bonds. The standard InChI is InChI=1S/C20H26BrOP/c21-19-17-13-7-8-14-18(17)23(22,16-11-5-2-6-12-16)20(19)15-9-3-1-4-10-15/h2,5-6,11-12,15,17-18H,1,3-4,7-10,13-14H2. The lowest BCUT2D eigenvalue weighted by Crippen LogP contribution is -2.25. The van der Waals surface area contributed by atoms with E-state index >= 15 is 0 Å². The molecule has 0 spiro atoms. The Morgan fingerprint density at radius 2 is 1.52 bits per heavy atom. The van der Waals surface area contributed by atoms with Gasteiger partial charge in [-0.3, -0.25) is 0 Å². The van der Waals surface area contributed by atoms with Gasteiger partial charge in [-0.05, 0) is 31.6 Å². The quantitative estimate of drug-likeness (QED) is 0.529. The van der Waals surface area contributed by atoms with Crippen LogP contribution in [0.1, 0.15) is 57.8 Å². The number of hydrogen-bond acceptors (Lipinski definition) is 1. The second-order valence-corrected chi connectivity index (χ2v) is 11.4. The van der Waals surface area contributed by atoms with Crippen LogP contribution in [0.15, 0.2) is 40.1 Å². The zero-order valence-electron chi connectivity index (χ0n) is 13.7. The summed E-state index contributed by atoms with van der Waals surface area (Å²) in [5.41, 5.74) is 0.366. The smallest absolute Gasteiger partial charge is 0.144 e. The van der Waals surface area contributed by atoms with Crippen molar-refractivity contribution in [2.75, 3.05) is 0 Å². The van der Waals surface area contributed by atoms with Gasteiger partial charge in [-0.15, -0.1) is 0 Å². The van der Waals surface area contributed by atoms with Gasteiger partial charge in [0.15, 0.2) is 0 Å². The topological polar surface area (TPSA) is 17.1 Å². The summed E-state index contributed by atoms with van der Waals surface area (Å²) in [4.78, 5) is 0. The van der Waals surface area contributed by atoms with E-state index in [2.05, 4.69) is 40.2 Å². The minimum atomic E-state index is -2.46. The van der Waals surface area contributed by atoms with E-state index in [1.54, 1.807) is 0 Å². The molecule has 2 aliphatic carbocycles. The summed E-state index contributed by atoms with van der Waals surface area (Å²) in [5, 5.41) is 2.47. The largest absolute Gasteiger partial charge is 0.314 e. The van der Waals surface area contributed by atoms with Gasteiger partial charge in [0.25, 0.3) is 0 Å². The minimum Gasteiger partial charge on any atom is -0.314 e. The Balaban J connectivity index is 1.84. The summed E-state index contributed by atoms with van der Waals surface area (Å²) in [7, 11) is -2.46. The number of allylic oxidation sites excluding steroid dienone is 2. The van der Waals surface area contributed by atoms with Crippen molar-refractivity contribution < 1.29 is 4.57 Å². The summed E-state index contributed by atoms with van der Waals surface area (Å²) in [5.74, 6) is 1.07. The SMILES string of the molecule is O=P1(c2ccccc2)C(C2CCCCC2)=C(Br)C2CCCCC21. The van der Waals surface area contributed by atoms with E-state index in [1.807, 2.05) is 6.07 Å². The van der Waals surface area contributed by atoms with Gasteiger partial charge in [0, 0.05) is 26.7 Å². The second-order valence-electron chi connectivity index (χ2n) is 7.52. The summed E-state index contributed by atoms with van der Waals surface area (Å²) >= 11 is 3.96. The molecule has 0 N–H and O–H groups in total. The number of halogens is 1. The van der Waals surface area contributed by atoms with Gasteiger partial charge in [-0.2, -0.15) is 0 Å². The molecule has 23 heavy (non-hydrogen) atoms. The molecule has 3 unspecified atom stereocenters. The van der Waals surface area contributed by atoms with Crippen LogP contribution in [0.4, 0.5) is 0 Å². The van der Waals surface area contributed by atoms with Crippen molar-refractivity contribution in [2.24, 2.45) is 11.8 Å². The van der Waals surface area contributed by atoms with Crippen molar-refractivity contribution in [2.45, 2.75) is 63.4 Å². The number of rotatable bonds is 2. The average molecular weight is 393 g/mol. The Morgan fingerprint density at radius 1 is 0.870 bits per heavy atom. The summed E-state index contributed by atoms with van der Waals surface area (Å²) in [6, 6.07) is 10.4. The monoisotopic (exact) mass is 392 g/mol. The summed E-state index contributed by atoms with van der Waals surface area (Å²) < 4.78 is 15.9. The van der Waals surface area contributed by atoms with Crippen molar-refractivity contribution in [3.05, 3.63) is 40.1 Å². The maximum Gasteiger partial charge on any atom is 0.144 e. The second kappa shape index (κ2) is 6.52. The molecule has 2 saturated carbocycles. The van der Waals surface area contributed by atoms with Crippen LogP contribution in [-0.4, -0.2) is 5.66 Å². The molecule has 4 rings (SSSR count). The van der Waals surface area contributed by atoms with Crippen molar-refractivity contribution in [3.63, 3.8) is 0 Å². The van der Waals surface area contributed by atoms with E-state index in [1.165, 1.54) is 61.2 Å². The third-order valence-electron chi connectivity index (χ3n) is 6.26. The molecule has 0 bridgehead atoms. The third kappa shape index (κ3) is 2.61. The number of benzene rings is 1. The maximum atomic E-state index is 14.5. The highest BCUT2D eigenvalue weighted by atomic mass is 79.9. The molecule has 3 heteroatoms. The van der Waals surface area contributed by atoms with E-state index in [0.29, 0.717) is 17.5 Å². The van der Waals surface area contributed by atoms with Crippen LogP contribution in [0.2, 0.25) is 0 Å². The normalized spacial score (nSPS) is 35.3. The fourth-order valence-electron chi connectivity index (χ4n) is 5.19. The lowest BCUT2D eigenvalue weighted by Gasteiger charge is -2.33. The summed E-state index contributed by atoms with van der Waals surface area (Å²) in [6.45, 7) is 0. The number of fused-ring (bicyclic) bond motifs is 1. The Labute approximate surface area is 148 Å². The molecule has 1 aliphatic heterocycles. The molecular weight excluding hydrogens is 367 g/mol. The summed E-state index contributed by atoms with van der Waals surface area (Å²) in [6.07, 6.45) is 11.3. The van der Waals surface area contributed by atoms with Crippen molar-refractivity contribution >= 4 is 28.4 Å². The van der Waals surface area contributed by atoms with Crippen LogP contribution in [-0.2, 0) is 4.57 Å². The first-order valence-corrected chi connectivity index (χ1v) is 11.9. The molecule has 2 fully saturated rings. The maximum absolute atomic E-state index is 14.5. The molecule has 0 aromatic heterocycles. The Hall–Kier alpha value is -0.330. The highest BCUT2D eigenvalue weighted by Gasteiger charge is 2.53. The zero-order chi connectivity index (χ0) is 15.9. The van der Waals surface area contributed by atoms with Gasteiger partial charge in [0.1, 0.15) is 7.14 Å². The lowest BCUT2D eigenvalue weighted by molar-refractivity contribution is 0.409. The van der Waals surface area contributed by atoms with Gasteiger partial charge in [-0.1, -0.05) is 78.4 Å². The third-order valence-corrected chi connectivity index (χ3v) is 11.5. The molecule has 1 nitrogen and oxygen atoms in total. The Morgan fingerprint density at radius 3 is 2.26 bits per heavy atom. The fourth-order valence-corrected chi connectivity index (χ4v) is 11.3. The molecule has 0 radical (unpaired) electrons. The van der Waals surface area contributed by atoms with Crippen LogP contribution >= 0.6 is 23.1 Å². The van der Waals surface area contributed by atoms with Crippen LogP contribution in [0.25, 0.3) is 0 Å². The van der Waals surface area contributed by atoms with E-state index in [9.17, 15) is 4.57 Å². The first-order valence-electron chi connectivity index (χ1n) is 9.28. The van der Waals surface area contributed by atoms with Crippen LogP contribution < -0.4 is 5.30 Å². The first kappa shape index (κ1) is 16.2. The van der Waals surface area contributed by atoms with Gasteiger partial charge >= 0.3 is 0 Å². The van der Waals surface area contributed by atoms with Gasteiger partial charge in [0.05, 0.1) is 0 Å². The van der Waals surface area contributed by atoms with Crippen LogP contribution in [0, 0.1) is 11.8 Å². The van der Waals surface area contributed by atoms with Crippen molar-refractivity contribution in [1.29, 1.82) is 0 Å². The molecule has 1 aromatic carbocycles. The molecule has 0 saturated heterocycles. The van der Waals surface area contributed by atoms with E-state index in [4.69, 9.17) is 0 Å². The first-order chi connectivity index (χ1) is 11.2. The van der Waals surface area contributed by atoms with E-state index in [-0.39, 0.29) is 0 Å². The molecule has 124 valence electrons. The molecule has 1 aromatic rings. The van der Waals surface area contributed by atoms with Crippen LogP contribution in [0.3, 0.4) is 0 Å². The van der Waals surface area contributed by atoms with Gasteiger partial charge in [0.2, 0.25) is 0 Å². The minimum absolute atomic E-state index is 0.366. The predicted octanol–water partition coefficient (Wildman–Crippen LogP) is 6.43. The van der Waals surface area contributed by atoms with E-state index in [0.717, 1.165) is 11.7 Å². The highest BCUT2D eigenvalue weighted by molar-refractivity contribution is 9.11. The molecular formula is C20H26BrOP. The molecule has 1 heterocycles. The van der Waals surface area contributed by atoms with Crippen molar-refractivity contribution in [3.8, 4) is 0 Å². The van der Waals surface area contributed by atoms with E-state index < -0.39 is 7.14 Å². The molecule has 3 aliphatic rings. The van der Waals surface area contributed by atoms with Gasteiger partial charge in [-0.25, -0.2) is 0 Å². The van der Waals surface area contributed by atoms with Gasteiger partial charge < -0.3 is 4.57 Å². The lowest BCUT2D eigenvalue weighted by atomic mass is 9.85.